The second-order valence-electron chi connectivity index (χ2n) is 5.13. The highest BCUT2D eigenvalue weighted by Crippen LogP contribution is 2.31. The van der Waals surface area contributed by atoms with Gasteiger partial charge in [-0.25, -0.2) is 9.97 Å². The number of nitrogens with one attached hydrogen (secondary N) is 1. The Morgan fingerprint density at radius 3 is 2.90 bits per heavy atom. The van der Waals surface area contributed by atoms with Crippen LogP contribution in [0, 0.1) is 6.92 Å². The SMILES string of the molecule is CNC(=O)C1(COC)CCCN1C(=O)c1nccc(C)n1. The molecule has 1 aliphatic heterocycles. The van der Waals surface area contributed by atoms with Crippen LogP contribution in [-0.4, -0.2) is 59.5 Å². The number of likely N-dealkylation sites (tertiary alicyclic amines) is 1. The van der Waals surface area contributed by atoms with Gasteiger partial charge < -0.3 is 15.0 Å². The summed E-state index contributed by atoms with van der Waals surface area (Å²) in [5.41, 5.74) is -0.266. The van der Waals surface area contributed by atoms with Crippen LogP contribution in [-0.2, 0) is 9.53 Å². The maximum Gasteiger partial charge on any atom is 0.292 e. The highest BCUT2D eigenvalue weighted by atomic mass is 16.5. The summed E-state index contributed by atoms with van der Waals surface area (Å²) in [6.45, 7) is 2.45. The van der Waals surface area contributed by atoms with Gasteiger partial charge in [0.2, 0.25) is 11.7 Å². The van der Waals surface area contributed by atoms with Crippen molar-refractivity contribution in [2.75, 3.05) is 27.3 Å². The molecule has 0 aliphatic carbocycles. The monoisotopic (exact) mass is 292 g/mol. The van der Waals surface area contributed by atoms with Crippen LogP contribution in [0.4, 0.5) is 0 Å². The molecule has 0 radical (unpaired) electrons. The van der Waals surface area contributed by atoms with E-state index in [9.17, 15) is 9.59 Å². The maximum atomic E-state index is 12.7. The highest BCUT2D eigenvalue weighted by molar-refractivity contribution is 5.97. The van der Waals surface area contributed by atoms with Gasteiger partial charge in [0, 0.05) is 32.6 Å². The molecule has 0 bridgehead atoms. The Morgan fingerprint density at radius 1 is 1.52 bits per heavy atom. The summed E-state index contributed by atoms with van der Waals surface area (Å²) in [7, 11) is 3.08. The van der Waals surface area contributed by atoms with Gasteiger partial charge in [-0.3, -0.25) is 9.59 Å². The van der Waals surface area contributed by atoms with Crippen LogP contribution in [0.2, 0.25) is 0 Å². The molecule has 1 unspecified atom stereocenters. The van der Waals surface area contributed by atoms with Crippen LogP contribution in [0.25, 0.3) is 0 Å². The van der Waals surface area contributed by atoms with Crippen molar-refractivity contribution in [1.82, 2.24) is 20.2 Å². The van der Waals surface area contributed by atoms with Gasteiger partial charge in [0.1, 0.15) is 5.54 Å². The Bertz CT molecular complexity index is 549. The molecule has 0 saturated carbocycles. The van der Waals surface area contributed by atoms with Gasteiger partial charge in [0.25, 0.3) is 5.91 Å². The van der Waals surface area contributed by atoms with Crippen LogP contribution in [0.15, 0.2) is 12.3 Å². The minimum absolute atomic E-state index is 0.112. The van der Waals surface area contributed by atoms with Gasteiger partial charge in [-0.1, -0.05) is 0 Å². The first-order valence-corrected chi connectivity index (χ1v) is 6.88. The average molecular weight is 292 g/mol. The van der Waals surface area contributed by atoms with E-state index in [1.807, 2.05) is 0 Å². The molecule has 1 aliphatic rings. The Hall–Kier alpha value is -2.02. The third-order valence-electron chi connectivity index (χ3n) is 3.75. The third kappa shape index (κ3) is 2.73. The van der Waals surface area contributed by atoms with Crippen LogP contribution in [0.5, 0.6) is 0 Å². The zero-order valence-electron chi connectivity index (χ0n) is 12.5. The fraction of sp³-hybridized carbons (Fsp3) is 0.571. The molecule has 21 heavy (non-hydrogen) atoms. The molecule has 2 rings (SSSR count). The summed E-state index contributed by atoms with van der Waals surface area (Å²) in [6.07, 6.45) is 2.86. The van der Waals surface area contributed by atoms with Crippen molar-refractivity contribution in [3.63, 3.8) is 0 Å². The van der Waals surface area contributed by atoms with Gasteiger partial charge in [-0.2, -0.15) is 0 Å². The van der Waals surface area contributed by atoms with E-state index in [0.29, 0.717) is 18.7 Å². The summed E-state index contributed by atoms with van der Waals surface area (Å²) in [6, 6.07) is 1.72. The lowest BCUT2D eigenvalue weighted by Gasteiger charge is -2.35. The van der Waals surface area contributed by atoms with E-state index in [2.05, 4.69) is 15.3 Å². The van der Waals surface area contributed by atoms with Gasteiger partial charge >= 0.3 is 0 Å². The summed E-state index contributed by atoms with van der Waals surface area (Å²) < 4.78 is 5.20. The van der Waals surface area contributed by atoms with Crippen molar-refractivity contribution in [2.45, 2.75) is 25.3 Å². The molecule has 1 fully saturated rings. The molecule has 2 heterocycles. The first-order chi connectivity index (χ1) is 10.0. The van der Waals surface area contributed by atoms with Crippen LogP contribution < -0.4 is 5.32 Å². The Kier molecular flexibility index (Phi) is 4.52. The molecular formula is C14H20N4O3. The van der Waals surface area contributed by atoms with Crippen molar-refractivity contribution < 1.29 is 14.3 Å². The lowest BCUT2D eigenvalue weighted by molar-refractivity contribution is -0.133. The van der Waals surface area contributed by atoms with Crippen LogP contribution in [0.1, 0.15) is 29.2 Å². The van der Waals surface area contributed by atoms with Gasteiger partial charge in [-0.15, -0.1) is 0 Å². The summed E-state index contributed by atoms with van der Waals surface area (Å²) in [5.74, 6) is -0.444. The lowest BCUT2D eigenvalue weighted by atomic mass is 9.95. The van der Waals surface area contributed by atoms with Crippen LogP contribution >= 0.6 is 0 Å². The molecule has 1 saturated heterocycles. The predicted octanol–water partition coefficient (Wildman–Crippen LogP) is 0.152. The lowest BCUT2D eigenvalue weighted by Crippen LogP contribution is -2.59. The number of likely N-dealkylation sites (N-methyl/N-ethyl adjacent to an activating group) is 1. The molecule has 1 aromatic heterocycles. The van der Waals surface area contributed by atoms with Crippen molar-refractivity contribution >= 4 is 11.8 Å². The molecule has 1 N–H and O–H groups in total. The van der Waals surface area contributed by atoms with Crippen molar-refractivity contribution in [3.05, 3.63) is 23.8 Å². The summed E-state index contributed by atoms with van der Waals surface area (Å²) in [5, 5.41) is 2.63. The number of nitrogens with zero attached hydrogens (tertiary/aromatic N) is 3. The number of hydrogen-bond donors (Lipinski definition) is 1. The summed E-state index contributed by atoms with van der Waals surface area (Å²) >= 11 is 0. The molecular weight excluding hydrogens is 272 g/mol. The number of rotatable bonds is 4. The number of aromatic nitrogens is 2. The number of methoxy groups -OCH3 is 1. The molecule has 7 nitrogen and oxygen atoms in total. The Labute approximate surface area is 123 Å². The standard InChI is InChI=1S/C14H20N4O3/c1-10-5-7-16-11(17-10)12(19)18-8-4-6-14(18,9-21-3)13(20)15-2/h5,7H,4,6,8-9H2,1-3H3,(H,15,20). The normalized spacial score (nSPS) is 21.4. The first kappa shape index (κ1) is 15.4. The quantitative estimate of drug-likeness (QED) is 0.854. The van der Waals surface area contributed by atoms with Gasteiger partial charge in [0.15, 0.2) is 0 Å². The highest BCUT2D eigenvalue weighted by Gasteiger charge is 2.50. The number of ether oxygens (including phenoxy) is 1. The topological polar surface area (TPSA) is 84.4 Å². The second kappa shape index (κ2) is 6.17. The fourth-order valence-corrected chi connectivity index (χ4v) is 2.77. The van der Waals surface area contributed by atoms with E-state index in [1.165, 1.54) is 12.0 Å². The minimum Gasteiger partial charge on any atom is -0.382 e. The number of hydrogen-bond acceptors (Lipinski definition) is 5. The fourth-order valence-electron chi connectivity index (χ4n) is 2.77. The smallest absolute Gasteiger partial charge is 0.292 e. The van der Waals surface area contributed by atoms with Crippen LogP contribution in [0.3, 0.4) is 0 Å². The van der Waals surface area contributed by atoms with E-state index in [0.717, 1.165) is 6.42 Å². The molecule has 7 heteroatoms. The molecule has 0 spiro atoms. The molecule has 1 atom stereocenters. The molecule has 0 aromatic carbocycles. The summed E-state index contributed by atoms with van der Waals surface area (Å²) in [4.78, 5) is 34.7. The Morgan fingerprint density at radius 2 is 2.29 bits per heavy atom. The van der Waals surface area contributed by atoms with Gasteiger partial charge in [0.05, 0.1) is 6.61 Å². The Balaban J connectivity index is 2.36. The zero-order valence-corrected chi connectivity index (χ0v) is 12.5. The number of carbonyl (C=O) groups is 2. The van der Waals surface area contributed by atoms with E-state index in [-0.39, 0.29) is 24.2 Å². The van der Waals surface area contributed by atoms with Crippen molar-refractivity contribution in [3.8, 4) is 0 Å². The van der Waals surface area contributed by atoms with Gasteiger partial charge in [-0.05, 0) is 25.8 Å². The largest absolute Gasteiger partial charge is 0.382 e. The number of carbonyl (C=O) groups excluding carboxylic acids is 2. The number of amides is 2. The van der Waals surface area contributed by atoms with Crippen molar-refractivity contribution in [2.24, 2.45) is 0 Å². The molecule has 2 amide bonds. The van der Waals surface area contributed by atoms with E-state index < -0.39 is 5.54 Å². The van der Waals surface area contributed by atoms with E-state index >= 15 is 0 Å². The second-order valence-corrected chi connectivity index (χ2v) is 5.13. The molecule has 1 aromatic rings. The minimum atomic E-state index is -0.978. The predicted molar refractivity (Wildman–Crippen MR) is 75.7 cm³/mol. The van der Waals surface area contributed by atoms with E-state index in [1.54, 1.807) is 26.2 Å². The zero-order chi connectivity index (χ0) is 15.5. The molecule has 114 valence electrons. The first-order valence-electron chi connectivity index (χ1n) is 6.88. The third-order valence-corrected chi connectivity index (χ3v) is 3.75. The van der Waals surface area contributed by atoms with Crippen molar-refractivity contribution in [1.29, 1.82) is 0 Å². The maximum absolute atomic E-state index is 12.7. The van der Waals surface area contributed by atoms with E-state index in [4.69, 9.17) is 4.74 Å². The number of aryl methyl sites for hydroxylation is 1. The average Bonchev–Trinajstić information content (AvgIpc) is 2.91.